The van der Waals surface area contributed by atoms with Crippen molar-refractivity contribution < 1.29 is 9.53 Å². The van der Waals surface area contributed by atoms with Crippen LogP contribution >= 0.6 is 0 Å². The van der Waals surface area contributed by atoms with Crippen molar-refractivity contribution in [2.24, 2.45) is 0 Å². The lowest BCUT2D eigenvalue weighted by atomic mass is 10.2. The van der Waals surface area contributed by atoms with E-state index in [0.717, 1.165) is 23.0 Å². The molecule has 158 valence electrons. The van der Waals surface area contributed by atoms with Gasteiger partial charge in [-0.3, -0.25) is 9.48 Å². The molecule has 0 aliphatic heterocycles. The van der Waals surface area contributed by atoms with Crippen LogP contribution in [0, 0.1) is 0 Å². The molecule has 0 unspecified atom stereocenters. The highest BCUT2D eigenvalue weighted by Gasteiger charge is 2.17. The maximum absolute atomic E-state index is 12.7. The SMILES string of the molecule is CN(C)CCNC(=O)c1ccccc1Oc1nn(Cc2ccccc2)c2ccccc12. The average molecular weight is 415 g/mol. The number of hydrogen-bond donors (Lipinski definition) is 1. The fourth-order valence-electron chi connectivity index (χ4n) is 3.38. The van der Waals surface area contributed by atoms with Gasteiger partial charge in [-0.1, -0.05) is 54.6 Å². The summed E-state index contributed by atoms with van der Waals surface area (Å²) in [5.41, 5.74) is 2.63. The first-order valence-electron chi connectivity index (χ1n) is 10.3. The van der Waals surface area contributed by atoms with Crippen molar-refractivity contribution in [3.63, 3.8) is 0 Å². The largest absolute Gasteiger partial charge is 0.436 e. The minimum Gasteiger partial charge on any atom is -0.436 e. The second-order valence-corrected chi connectivity index (χ2v) is 7.62. The quantitative estimate of drug-likeness (QED) is 0.470. The molecule has 0 aliphatic rings. The summed E-state index contributed by atoms with van der Waals surface area (Å²) in [7, 11) is 3.94. The summed E-state index contributed by atoms with van der Waals surface area (Å²) < 4.78 is 8.12. The van der Waals surface area contributed by atoms with Crippen LogP contribution in [0.15, 0.2) is 78.9 Å². The second-order valence-electron chi connectivity index (χ2n) is 7.62. The van der Waals surface area contributed by atoms with Gasteiger partial charge in [-0.2, -0.15) is 0 Å². The number of ether oxygens (including phenoxy) is 1. The van der Waals surface area contributed by atoms with E-state index in [1.54, 1.807) is 12.1 Å². The zero-order valence-corrected chi connectivity index (χ0v) is 17.8. The number of nitrogens with zero attached hydrogens (tertiary/aromatic N) is 3. The molecule has 0 atom stereocenters. The van der Waals surface area contributed by atoms with Crippen molar-refractivity contribution in [3.8, 4) is 11.6 Å². The van der Waals surface area contributed by atoms with Gasteiger partial charge in [0.1, 0.15) is 5.75 Å². The number of rotatable bonds is 8. The number of likely N-dealkylation sites (N-methyl/N-ethyl adjacent to an activating group) is 1. The van der Waals surface area contributed by atoms with Gasteiger partial charge in [-0.25, -0.2) is 0 Å². The third-order valence-corrected chi connectivity index (χ3v) is 4.98. The summed E-state index contributed by atoms with van der Waals surface area (Å²) in [6.07, 6.45) is 0. The first kappa shape index (κ1) is 20.6. The van der Waals surface area contributed by atoms with Gasteiger partial charge in [-0.15, -0.1) is 5.10 Å². The lowest BCUT2D eigenvalue weighted by Crippen LogP contribution is -2.31. The zero-order chi connectivity index (χ0) is 21.6. The number of fused-ring (bicyclic) bond motifs is 1. The van der Waals surface area contributed by atoms with E-state index in [1.807, 2.05) is 78.3 Å². The van der Waals surface area contributed by atoms with E-state index in [-0.39, 0.29) is 5.91 Å². The molecule has 31 heavy (non-hydrogen) atoms. The lowest BCUT2D eigenvalue weighted by Gasteiger charge is -2.12. The fourth-order valence-corrected chi connectivity index (χ4v) is 3.38. The highest BCUT2D eigenvalue weighted by molar-refractivity contribution is 5.97. The number of amides is 1. The average Bonchev–Trinajstić information content (AvgIpc) is 3.12. The fraction of sp³-hybridized carbons (Fsp3) is 0.200. The predicted octanol–water partition coefficient (Wildman–Crippen LogP) is 4.17. The van der Waals surface area contributed by atoms with Gasteiger partial charge in [0.15, 0.2) is 0 Å². The molecule has 0 aliphatic carbocycles. The molecule has 6 heteroatoms. The maximum atomic E-state index is 12.7. The molecule has 1 aromatic heterocycles. The Morgan fingerprint density at radius 3 is 2.48 bits per heavy atom. The summed E-state index contributed by atoms with van der Waals surface area (Å²) in [6.45, 7) is 1.97. The minimum atomic E-state index is -0.162. The first-order chi connectivity index (χ1) is 15.1. The van der Waals surface area contributed by atoms with Gasteiger partial charge in [0, 0.05) is 13.1 Å². The van der Waals surface area contributed by atoms with Crippen LogP contribution in [0.4, 0.5) is 0 Å². The lowest BCUT2D eigenvalue weighted by molar-refractivity contribution is 0.0948. The van der Waals surface area contributed by atoms with Crippen LogP contribution in [0.25, 0.3) is 10.9 Å². The van der Waals surface area contributed by atoms with Gasteiger partial charge in [0.05, 0.1) is 23.0 Å². The Labute approximate surface area is 182 Å². The Bertz CT molecular complexity index is 1170. The highest BCUT2D eigenvalue weighted by Crippen LogP contribution is 2.31. The molecule has 6 nitrogen and oxygen atoms in total. The number of para-hydroxylation sites is 2. The number of carbonyl (C=O) groups excluding carboxylic acids is 1. The van der Waals surface area contributed by atoms with E-state index in [4.69, 9.17) is 9.84 Å². The van der Waals surface area contributed by atoms with E-state index in [0.29, 0.717) is 30.3 Å². The summed E-state index contributed by atoms with van der Waals surface area (Å²) in [5.74, 6) is 0.811. The van der Waals surface area contributed by atoms with Crippen LogP contribution in [0.3, 0.4) is 0 Å². The van der Waals surface area contributed by atoms with Gasteiger partial charge in [0.2, 0.25) is 5.88 Å². The van der Waals surface area contributed by atoms with E-state index < -0.39 is 0 Å². The minimum absolute atomic E-state index is 0.162. The number of benzene rings is 3. The third-order valence-electron chi connectivity index (χ3n) is 4.98. The summed E-state index contributed by atoms with van der Waals surface area (Å²) >= 11 is 0. The Morgan fingerprint density at radius 1 is 0.968 bits per heavy atom. The summed E-state index contributed by atoms with van der Waals surface area (Å²) in [5, 5.41) is 8.57. The molecule has 0 saturated heterocycles. The molecule has 0 spiro atoms. The molecular weight excluding hydrogens is 388 g/mol. The Hall–Kier alpha value is -3.64. The van der Waals surface area contributed by atoms with Crippen molar-refractivity contribution in [1.29, 1.82) is 0 Å². The molecule has 0 fully saturated rings. The van der Waals surface area contributed by atoms with Crippen molar-refractivity contribution in [1.82, 2.24) is 20.0 Å². The number of nitrogens with one attached hydrogen (secondary N) is 1. The normalized spacial score (nSPS) is 11.1. The van der Waals surface area contributed by atoms with Crippen molar-refractivity contribution in [3.05, 3.63) is 90.0 Å². The smallest absolute Gasteiger partial charge is 0.255 e. The number of aromatic nitrogens is 2. The number of carbonyl (C=O) groups is 1. The van der Waals surface area contributed by atoms with Crippen molar-refractivity contribution >= 4 is 16.8 Å². The van der Waals surface area contributed by atoms with Crippen LogP contribution < -0.4 is 10.1 Å². The molecule has 1 heterocycles. The molecule has 4 aromatic rings. The molecular formula is C25H26N4O2. The van der Waals surface area contributed by atoms with Gasteiger partial charge >= 0.3 is 0 Å². The molecule has 0 saturated carbocycles. The van der Waals surface area contributed by atoms with Gasteiger partial charge in [-0.05, 0) is 43.9 Å². The maximum Gasteiger partial charge on any atom is 0.255 e. The van der Waals surface area contributed by atoms with Crippen LogP contribution in [0.1, 0.15) is 15.9 Å². The monoisotopic (exact) mass is 414 g/mol. The predicted molar refractivity (Wildman–Crippen MR) is 123 cm³/mol. The standard InChI is InChI=1S/C25H26N4O2/c1-28(2)17-16-26-24(30)21-13-7-9-15-23(21)31-25-20-12-6-8-14-22(20)29(27-25)18-19-10-4-3-5-11-19/h3-15H,16-18H2,1-2H3,(H,26,30). The van der Waals surface area contributed by atoms with E-state index >= 15 is 0 Å². The van der Waals surface area contributed by atoms with Crippen LogP contribution in [0.2, 0.25) is 0 Å². The van der Waals surface area contributed by atoms with E-state index in [9.17, 15) is 4.79 Å². The van der Waals surface area contributed by atoms with Crippen molar-refractivity contribution in [2.75, 3.05) is 27.2 Å². The second kappa shape index (κ2) is 9.45. The topological polar surface area (TPSA) is 59.4 Å². The molecule has 4 rings (SSSR count). The molecule has 1 amide bonds. The first-order valence-corrected chi connectivity index (χ1v) is 10.3. The van der Waals surface area contributed by atoms with Crippen molar-refractivity contribution in [2.45, 2.75) is 6.54 Å². The molecule has 3 aromatic carbocycles. The Balaban J connectivity index is 1.62. The third kappa shape index (κ3) is 4.92. The van der Waals surface area contributed by atoms with Gasteiger partial charge < -0.3 is 15.0 Å². The van der Waals surface area contributed by atoms with Crippen LogP contribution in [0.5, 0.6) is 11.6 Å². The van der Waals surface area contributed by atoms with E-state index in [2.05, 4.69) is 17.4 Å². The molecule has 0 bridgehead atoms. The number of hydrogen-bond acceptors (Lipinski definition) is 4. The van der Waals surface area contributed by atoms with Crippen LogP contribution in [-0.2, 0) is 6.54 Å². The molecule has 0 radical (unpaired) electrons. The Kier molecular flexibility index (Phi) is 6.29. The summed E-state index contributed by atoms with van der Waals surface area (Å²) in [6, 6.07) is 25.4. The summed E-state index contributed by atoms with van der Waals surface area (Å²) in [4.78, 5) is 14.7. The van der Waals surface area contributed by atoms with Gasteiger partial charge in [0.25, 0.3) is 5.91 Å². The molecule has 1 N–H and O–H groups in total. The zero-order valence-electron chi connectivity index (χ0n) is 17.8. The van der Waals surface area contributed by atoms with Crippen LogP contribution in [-0.4, -0.2) is 47.8 Å². The van der Waals surface area contributed by atoms with E-state index in [1.165, 1.54) is 0 Å². The highest BCUT2D eigenvalue weighted by atomic mass is 16.5. The Morgan fingerprint density at radius 2 is 1.68 bits per heavy atom.